The summed E-state index contributed by atoms with van der Waals surface area (Å²) in [4.78, 5) is 0. The lowest BCUT2D eigenvalue weighted by Gasteiger charge is -2.67. The van der Waals surface area contributed by atoms with Gasteiger partial charge in [0.25, 0.3) is 0 Å². The van der Waals surface area contributed by atoms with Gasteiger partial charge in [0.1, 0.15) is 0 Å². The quantitative estimate of drug-likeness (QED) is 0.238. The zero-order chi connectivity index (χ0) is 47.5. The van der Waals surface area contributed by atoms with Crippen LogP contribution in [0.1, 0.15) is 295 Å². The molecule has 406 valence electrons. The maximum Gasteiger partial charge on any atom is -0.0318 e. The molecule has 0 spiro atoms. The van der Waals surface area contributed by atoms with Gasteiger partial charge in [-0.2, -0.15) is 0 Å². The van der Waals surface area contributed by atoms with E-state index in [1.807, 2.05) is 0 Å². The first kappa shape index (κ1) is 50.2. The van der Waals surface area contributed by atoms with Crippen molar-refractivity contribution in [1.29, 1.82) is 0 Å². The predicted octanol–water partition coefficient (Wildman–Crippen LogP) is 21.1. The van der Waals surface area contributed by atoms with E-state index in [0.717, 1.165) is 154 Å². The molecule has 0 aromatic heterocycles. The topological polar surface area (TPSA) is 0 Å². The fraction of sp³-hybridized carbons (Fsp3) is 1.00. The van der Waals surface area contributed by atoms with Crippen LogP contribution in [0.2, 0.25) is 0 Å². The molecule has 0 bridgehead atoms. The van der Waals surface area contributed by atoms with Crippen LogP contribution in [0.15, 0.2) is 0 Å². The Balaban J connectivity index is 0.789. The van der Waals surface area contributed by atoms with Crippen molar-refractivity contribution in [3.05, 3.63) is 0 Å². The Kier molecular flexibility index (Phi) is 15.8. The van der Waals surface area contributed by atoms with E-state index in [1.54, 1.807) is 295 Å². The van der Waals surface area contributed by atoms with E-state index in [2.05, 4.69) is 0 Å². The maximum absolute atomic E-state index is 1.72. The minimum Gasteiger partial charge on any atom is -0.0533 e. The summed E-state index contributed by atoms with van der Waals surface area (Å²) in [5.41, 5.74) is 0. The van der Waals surface area contributed by atoms with Crippen molar-refractivity contribution in [2.75, 3.05) is 0 Å². The predicted molar refractivity (Wildman–Crippen MR) is 303 cm³/mol. The molecule has 14 fully saturated rings. The van der Waals surface area contributed by atoms with Gasteiger partial charge >= 0.3 is 0 Å². The molecule has 0 nitrogen and oxygen atoms in total. The third-order valence-corrected chi connectivity index (χ3v) is 29.9. The van der Waals surface area contributed by atoms with E-state index in [9.17, 15) is 0 Å². The van der Waals surface area contributed by atoms with Gasteiger partial charge in [0.2, 0.25) is 0 Å². The second-order valence-corrected chi connectivity index (χ2v) is 32.1. The average molecular weight is 984 g/mol. The summed E-state index contributed by atoms with van der Waals surface area (Å²) in [5.74, 6) is 28.9. The van der Waals surface area contributed by atoms with Gasteiger partial charge in [-0.25, -0.2) is 0 Å². The number of hydrogen-bond donors (Lipinski definition) is 0. The highest BCUT2D eigenvalue weighted by molar-refractivity contribution is 5.12. The van der Waals surface area contributed by atoms with E-state index in [0.29, 0.717) is 0 Å². The van der Waals surface area contributed by atoms with Gasteiger partial charge in [0, 0.05) is 0 Å². The third kappa shape index (κ3) is 9.63. The third-order valence-electron chi connectivity index (χ3n) is 29.9. The first-order valence-corrected chi connectivity index (χ1v) is 35.7. The lowest BCUT2D eigenvalue weighted by Crippen LogP contribution is -2.61. The molecule has 0 radical (unpaired) electrons. The lowest BCUT2D eigenvalue weighted by molar-refractivity contribution is -0.185. The monoisotopic (exact) mass is 983 g/mol. The van der Waals surface area contributed by atoms with Crippen LogP contribution in [-0.4, -0.2) is 0 Å². The average Bonchev–Trinajstić information content (AvgIpc) is 3.46. The van der Waals surface area contributed by atoms with Crippen LogP contribution in [0.5, 0.6) is 0 Å². The van der Waals surface area contributed by atoms with Gasteiger partial charge in [-0.15, -0.1) is 0 Å². The van der Waals surface area contributed by atoms with Crippen molar-refractivity contribution in [3.63, 3.8) is 0 Å². The molecule has 14 aliphatic carbocycles. The van der Waals surface area contributed by atoms with Gasteiger partial charge < -0.3 is 0 Å². The molecule has 0 aliphatic heterocycles. The van der Waals surface area contributed by atoms with Crippen LogP contribution < -0.4 is 0 Å². The zero-order valence-corrected chi connectivity index (χ0v) is 47.5. The van der Waals surface area contributed by atoms with Gasteiger partial charge in [-0.3, -0.25) is 0 Å². The summed E-state index contributed by atoms with van der Waals surface area (Å²) in [6, 6.07) is 0. The summed E-state index contributed by atoms with van der Waals surface area (Å²) in [6.07, 6.45) is 74.7. The van der Waals surface area contributed by atoms with Gasteiger partial charge in [0.05, 0.1) is 0 Å². The Morgan fingerprint density at radius 3 is 0.681 bits per heavy atom. The van der Waals surface area contributed by atoms with Crippen LogP contribution in [-0.2, 0) is 0 Å². The first-order chi connectivity index (χ1) is 35.7. The van der Waals surface area contributed by atoms with E-state index in [1.165, 1.54) is 0 Å². The maximum atomic E-state index is 1.72. The van der Waals surface area contributed by atoms with Crippen LogP contribution in [0.4, 0.5) is 0 Å². The summed E-state index contributed by atoms with van der Waals surface area (Å²) >= 11 is 0. The number of fused-ring (bicyclic) bond motifs is 6. The molecule has 0 saturated heterocycles. The molecular formula is C72H118. The largest absolute Gasteiger partial charge is 0.0533 e. The Labute approximate surface area is 447 Å². The normalized spacial score (nSPS) is 52.8. The summed E-state index contributed by atoms with van der Waals surface area (Å²) in [5, 5.41) is 0. The van der Waals surface area contributed by atoms with Gasteiger partial charge in [-0.05, 0) is 282 Å². The molecule has 14 rings (SSSR count). The first-order valence-electron chi connectivity index (χ1n) is 35.7. The van der Waals surface area contributed by atoms with Crippen molar-refractivity contribution >= 4 is 0 Å². The number of rotatable bonds is 7. The van der Waals surface area contributed by atoms with Crippen LogP contribution in [0.25, 0.3) is 0 Å². The van der Waals surface area contributed by atoms with Crippen LogP contribution in [0.3, 0.4) is 0 Å². The molecule has 0 amide bonds. The molecule has 0 heteroatoms. The van der Waals surface area contributed by atoms with Crippen molar-refractivity contribution in [1.82, 2.24) is 0 Å². The minimum absolute atomic E-state index is 1.10. The van der Waals surface area contributed by atoms with E-state index < -0.39 is 0 Å². The van der Waals surface area contributed by atoms with Gasteiger partial charge in [0.15, 0.2) is 0 Å². The SMILES string of the molecule is C1CCC(C2CCC(C3CCC4CCCCC4C3)CC2C2C3CCCCC3C(C3C4CCCCC4C(C4CC(C5CCC6CCCCC6C5)CCC4C4CCCCC4)C4CCCCC43)C3CCCCC32)CC1. The molecule has 20 unspecified atom stereocenters. The van der Waals surface area contributed by atoms with Crippen molar-refractivity contribution in [2.45, 2.75) is 295 Å². The van der Waals surface area contributed by atoms with E-state index in [4.69, 9.17) is 0 Å². The molecule has 14 saturated carbocycles. The molecule has 14 aliphatic rings. The summed E-state index contributed by atoms with van der Waals surface area (Å²) in [7, 11) is 0. The fourth-order valence-electron chi connectivity index (χ4n) is 27.5. The second kappa shape index (κ2) is 22.6. The molecule has 0 aromatic carbocycles. The summed E-state index contributed by atoms with van der Waals surface area (Å²) in [6.45, 7) is 0. The Hall–Kier alpha value is 0. The van der Waals surface area contributed by atoms with Crippen molar-refractivity contribution in [2.24, 2.45) is 154 Å². The van der Waals surface area contributed by atoms with Crippen LogP contribution in [0, 0.1) is 154 Å². The Bertz CT molecular complexity index is 1540. The molecule has 0 heterocycles. The fourth-order valence-corrected chi connectivity index (χ4v) is 27.5. The van der Waals surface area contributed by atoms with Crippen LogP contribution >= 0.6 is 0 Å². The van der Waals surface area contributed by atoms with Crippen molar-refractivity contribution in [3.8, 4) is 0 Å². The summed E-state index contributed by atoms with van der Waals surface area (Å²) < 4.78 is 0. The molecule has 0 aromatic rings. The van der Waals surface area contributed by atoms with Gasteiger partial charge in [-0.1, -0.05) is 167 Å². The number of hydrogen-bond acceptors (Lipinski definition) is 0. The molecular weight excluding hydrogens is 865 g/mol. The minimum atomic E-state index is 1.10. The smallest absolute Gasteiger partial charge is 0.0318 e. The highest BCUT2D eigenvalue weighted by Gasteiger charge is 2.63. The highest BCUT2D eigenvalue weighted by Crippen LogP contribution is 2.70. The standard InChI is InChI=1S/C72H118/c1-3-21-49(22-4-1)57-41-39-55(53-37-35-47-19-7-9-25-51(47)43-53)45-67(57)69-59-27-11-15-31-63(59)71(64-32-16-12-28-60(64)69)72-65-33-17-13-29-61(65)70(62-30-14-18-34-66(62)72)68-46-56(40-42-58(68)50-23-5-2-6-24-50)54-38-36-48-20-8-10-26-52(48)44-54/h47-72H,1-46H2. The highest BCUT2D eigenvalue weighted by atomic mass is 14.7. The zero-order valence-electron chi connectivity index (χ0n) is 47.5. The lowest BCUT2D eigenvalue weighted by atomic mass is 9.38. The Morgan fingerprint density at radius 1 is 0.111 bits per heavy atom. The van der Waals surface area contributed by atoms with E-state index >= 15 is 0 Å². The molecule has 0 N–H and O–H groups in total. The van der Waals surface area contributed by atoms with Crippen molar-refractivity contribution < 1.29 is 0 Å². The van der Waals surface area contributed by atoms with E-state index in [-0.39, 0.29) is 0 Å². The molecule has 20 atom stereocenters. The molecule has 72 heavy (non-hydrogen) atoms. The second-order valence-electron chi connectivity index (χ2n) is 32.1. The Morgan fingerprint density at radius 2 is 0.333 bits per heavy atom.